The third-order valence-corrected chi connectivity index (χ3v) is 4.49. The lowest BCUT2D eigenvalue weighted by atomic mass is 9.59. The Balaban J connectivity index is 2.16. The van der Waals surface area contributed by atoms with Crippen LogP contribution < -0.4 is 0 Å². The Bertz CT molecular complexity index is 542. The Morgan fingerprint density at radius 2 is 0.889 bits per heavy atom. The fourth-order valence-corrected chi connectivity index (χ4v) is 3.60. The molecule has 90 valence electrons. The summed E-state index contributed by atoms with van der Waals surface area (Å²) >= 11 is 0. The lowest BCUT2D eigenvalue weighted by Crippen LogP contribution is -2.48. The van der Waals surface area contributed by atoms with Gasteiger partial charge in [0.2, 0.25) is 0 Å². The van der Waals surface area contributed by atoms with Crippen LogP contribution in [0.25, 0.3) is 0 Å². The van der Waals surface area contributed by atoms with E-state index in [4.69, 9.17) is 0 Å². The van der Waals surface area contributed by atoms with Crippen molar-refractivity contribution >= 4 is 0 Å². The molecular weight excluding hydrogens is 224 g/mol. The smallest absolute Gasteiger partial charge is 0.115 e. The van der Waals surface area contributed by atoms with Crippen LogP contribution in [0.1, 0.15) is 35.1 Å². The average molecular weight is 238 g/mol. The van der Waals surface area contributed by atoms with E-state index < -0.39 is 11.2 Å². The predicted molar refractivity (Wildman–Crippen MR) is 68.1 cm³/mol. The highest BCUT2D eigenvalue weighted by Crippen LogP contribution is 2.56. The molecule has 2 bridgehead atoms. The number of aliphatic hydroxyl groups is 2. The summed E-state index contributed by atoms with van der Waals surface area (Å²) in [7, 11) is 0. The number of hydrogen-bond donors (Lipinski definition) is 2. The quantitative estimate of drug-likeness (QED) is 0.739. The highest BCUT2D eigenvalue weighted by molar-refractivity contribution is 5.58. The number of hydrogen-bond acceptors (Lipinski definition) is 2. The van der Waals surface area contributed by atoms with Crippen LogP contribution in [0, 0.1) is 0 Å². The average Bonchev–Trinajstić information content (AvgIpc) is 2.43. The highest BCUT2D eigenvalue weighted by atomic mass is 16.3. The van der Waals surface area contributed by atoms with Crippen molar-refractivity contribution in [2.75, 3.05) is 0 Å². The minimum Gasteiger partial charge on any atom is -0.380 e. The summed E-state index contributed by atoms with van der Waals surface area (Å²) in [6, 6.07) is 15.4. The molecular formula is C16H14O2. The van der Waals surface area contributed by atoms with Gasteiger partial charge in [0, 0.05) is 0 Å². The molecule has 18 heavy (non-hydrogen) atoms. The monoisotopic (exact) mass is 238 g/mol. The van der Waals surface area contributed by atoms with Crippen LogP contribution in [0.2, 0.25) is 0 Å². The Morgan fingerprint density at radius 1 is 0.611 bits per heavy atom. The molecule has 0 heterocycles. The van der Waals surface area contributed by atoms with Gasteiger partial charge in [-0.25, -0.2) is 0 Å². The molecule has 0 saturated heterocycles. The molecule has 0 unspecified atom stereocenters. The topological polar surface area (TPSA) is 40.5 Å². The second-order valence-corrected chi connectivity index (χ2v) is 5.31. The summed E-state index contributed by atoms with van der Waals surface area (Å²) in [6.45, 7) is 0. The SMILES string of the molecule is OC12CCC(O)(c3ccccc31)c1ccccc12. The van der Waals surface area contributed by atoms with Gasteiger partial charge in [-0.15, -0.1) is 0 Å². The predicted octanol–water partition coefficient (Wildman–Crippen LogP) is 2.27. The molecule has 2 aromatic rings. The highest BCUT2D eigenvalue weighted by Gasteiger charge is 2.54. The Morgan fingerprint density at radius 3 is 1.17 bits per heavy atom. The van der Waals surface area contributed by atoms with Crippen LogP contribution >= 0.6 is 0 Å². The zero-order valence-electron chi connectivity index (χ0n) is 9.93. The minimum absolute atomic E-state index is 0.581. The molecule has 2 heteroatoms. The molecule has 2 nitrogen and oxygen atoms in total. The largest absolute Gasteiger partial charge is 0.380 e. The van der Waals surface area contributed by atoms with E-state index in [0.717, 1.165) is 22.3 Å². The van der Waals surface area contributed by atoms with Crippen molar-refractivity contribution in [3.8, 4) is 0 Å². The third-order valence-electron chi connectivity index (χ3n) is 4.49. The lowest BCUT2D eigenvalue weighted by molar-refractivity contribution is -0.0337. The van der Waals surface area contributed by atoms with Crippen molar-refractivity contribution in [3.05, 3.63) is 70.8 Å². The molecule has 3 aliphatic rings. The summed E-state index contributed by atoms with van der Waals surface area (Å²) in [6.07, 6.45) is 1.16. The van der Waals surface area contributed by atoms with Gasteiger partial charge in [0.25, 0.3) is 0 Å². The second-order valence-electron chi connectivity index (χ2n) is 5.31. The van der Waals surface area contributed by atoms with Crippen LogP contribution in [0.15, 0.2) is 48.5 Å². The Hall–Kier alpha value is -1.64. The molecule has 3 aliphatic carbocycles. The van der Waals surface area contributed by atoms with Gasteiger partial charge in [-0.05, 0) is 35.1 Å². The molecule has 0 aromatic heterocycles. The number of fused-ring (bicyclic) bond motifs is 1. The fraction of sp³-hybridized carbons (Fsp3) is 0.250. The zero-order chi connectivity index (χ0) is 12.4. The van der Waals surface area contributed by atoms with E-state index in [1.807, 2.05) is 48.5 Å². The van der Waals surface area contributed by atoms with Crippen LogP contribution in [-0.4, -0.2) is 10.2 Å². The molecule has 0 spiro atoms. The first-order chi connectivity index (χ1) is 8.66. The molecule has 2 N–H and O–H groups in total. The third kappa shape index (κ3) is 0.972. The van der Waals surface area contributed by atoms with Gasteiger partial charge in [0.15, 0.2) is 0 Å². The van der Waals surface area contributed by atoms with Crippen molar-refractivity contribution in [1.29, 1.82) is 0 Å². The normalized spacial score (nSPS) is 31.9. The van der Waals surface area contributed by atoms with Gasteiger partial charge < -0.3 is 10.2 Å². The van der Waals surface area contributed by atoms with Crippen LogP contribution in [0.3, 0.4) is 0 Å². The van der Waals surface area contributed by atoms with E-state index in [0.29, 0.717) is 12.8 Å². The summed E-state index contributed by atoms with van der Waals surface area (Å²) in [5.41, 5.74) is 1.57. The standard InChI is InChI=1S/C16H14O2/c17-15-9-10-16(18,12-6-2-1-5-11(12)15)14-8-4-3-7-13(14)15/h1-8,17-18H,9-10H2. The zero-order valence-corrected chi connectivity index (χ0v) is 9.93. The van der Waals surface area contributed by atoms with Gasteiger partial charge in [0.05, 0.1) is 0 Å². The molecule has 0 aliphatic heterocycles. The molecule has 0 saturated carbocycles. The van der Waals surface area contributed by atoms with Crippen molar-refractivity contribution in [3.63, 3.8) is 0 Å². The summed E-state index contributed by atoms with van der Waals surface area (Å²) < 4.78 is 0. The summed E-state index contributed by atoms with van der Waals surface area (Å²) in [5.74, 6) is 0. The number of benzene rings is 2. The van der Waals surface area contributed by atoms with E-state index in [1.54, 1.807) is 0 Å². The van der Waals surface area contributed by atoms with Crippen molar-refractivity contribution in [1.82, 2.24) is 0 Å². The van der Waals surface area contributed by atoms with Crippen molar-refractivity contribution < 1.29 is 10.2 Å². The van der Waals surface area contributed by atoms with Gasteiger partial charge in [0.1, 0.15) is 11.2 Å². The maximum absolute atomic E-state index is 11.0. The molecule has 2 aromatic carbocycles. The second kappa shape index (κ2) is 3.02. The lowest BCUT2D eigenvalue weighted by Gasteiger charge is -2.50. The first-order valence-corrected chi connectivity index (χ1v) is 6.31. The van der Waals surface area contributed by atoms with E-state index >= 15 is 0 Å². The van der Waals surface area contributed by atoms with Crippen molar-refractivity contribution in [2.45, 2.75) is 24.0 Å². The summed E-state index contributed by atoms with van der Waals surface area (Å²) in [4.78, 5) is 0. The molecule has 0 atom stereocenters. The van der Waals surface area contributed by atoms with Gasteiger partial charge in [-0.3, -0.25) is 0 Å². The first kappa shape index (κ1) is 10.3. The molecule has 0 fully saturated rings. The summed E-state index contributed by atoms with van der Waals surface area (Å²) in [5, 5.41) is 22.1. The minimum atomic E-state index is -0.933. The van der Waals surface area contributed by atoms with E-state index in [2.05, 4.69) is 0 Å². The first-order valence-electron chi connectivity index (χ1n) is 6.31. The van der Waals surface area contributed by atoms with Crippen LogP contribution in [-0.2, 0) is 11.2 Å². The van der Waals surface area contributed by atoms with Crippen LogP contribution in [0.4, 0.5) is 0 Å². The van der Waals surface area contributed by atoms with Crippen LogP contribution in [0.5, 0.6) is 0 Å². The number of rotatable bonds is 0. The fourth-order valence-electron chi connectivity index (χ4n) is 3.60. The Labute approximate surface area is 106 Å². The van der Waals surface area contributed by atoms with Crippen molar-refractivity contribution in [2.24, 2.45) is 0 Å². The maximum atomic E-state index is 11.0. The Kier molecular flexibility index (Phi) is 1.73. The molecule has 0 radical (unpaired) electrons. The van der Waals surface area contributed by atoms with E-state index in [9.17, 15) is 10.2 Å². The molecule has 0 amide bonds. The van der Waals surface area contributed by atoms with Gasteiger partial charge in [-0.2, -0.15) is 0 Å². The van der Waals surface area contributed by atoms with E-state index in [1.165, 1.54) is 0 Å². The van der Waals surface area contributed by atoms with Gasteiger partial charge >= 0.3 is 0 Å². The van der Waals surface area contributed by atoms with E-state index in [-0.39, 0.29) is 0 Å². The van der Waals surface area contributed by atoms with Gasteiger partial charge in [-0.1, -0.05) is 48.5 Å². The maximum Gasteiger partial charge on any atom is 0.115 e. The molecule has 5 rings (SSSR count).